The van der Waals surface area contributed by atoms with Crippen molar-refractivity contribution in [3.05, 3.63) is 88.3 Å². The minimum atomic E-state index is -0.947. The van der Waals surface area contributed by atoms with E-state index in [0.29, 0.717) is 25.1 Å². The number of carbonyl (C=O) groups is 3. The summed E-state index contributed by atoms with van der Waals surface area (Å²) in [6, 6.07) is 7.97. The van der Waals surface area contributed by atoms with E-state index in [4.69, 9.17) is 4.74 Å². The normalized spacial score (nSPS) is 26.1. The Morgan fingerprint density at radius 2 is 1.83 bits per heavy atom. The van der Waals surface area contributed by atoms with Gasteiger partial charge in [0, 0.05) is 31.0 Å². The molecule has 3 heterocycles. The van der Waals surface area contributed by atoms with Crippen LogP contribution in [0.5, 0.6) is 0 Å². The van der Waals surface area contributed by atoms with Crippen molar-refractivity contribution in [2.75, 3.05) is 25.5 Å². The van der Waals surface area contributed by atoms with Gasteiger partial charge in [0.15, 0.2) is 0 Å². The molecule has 10 heteroatoms. The van der Waals surface area contributed by atoms with Gasteiger partial charge in [-0.15, -0.1) is 0 Å². The number of fused-ring (bicyclic) bond motifs is 2. The minimum absolute atomic E-state index is 0.0382. The molecular weight excluding hydrogens is 530 g/mol. The van der Waals surface area contributed by atoms with Gasteiger partial charge in [0.05, 0.1) is 23.0 Å². The molecule has 1 fully saturated rings. The Morgan fingerprint density at radius 1 is 1.10 bits per heavy atom. The molecule has 214 valence electrons. The number of hydrogen-bond donors (Lipinski definition) is 3. The van der Waals surface area contributed by atoms with Crippen LogP contribution >= 0.6 is 0 Å². The van der Waals surface area contributed by atoms with Gasteiger partial charge in [-0.1, -0.05) is 18.2 Å². The van der Waals surface area contributed by atoms with Crippen molar-refractivity contribution in [3.63, 3.8) is 0 Å². The van der Waals surface area contributed by atoms with Crippen LogP contribution in [-0.2, 0) is 32.0 Å². The molecule has 4 aliphatic rings. The molecule has 3 amide bonds. The van der Waals surface area contributed by atoms with Crippen LogP contribution in [-0.4, -0.2) is 48.9 Å². The molecule has 1 saturated heterocycles. The summed E-state index contributed by atoms with van der Waals surface area (Å²) in [7, 11) is 1.50. The van der Waals surface area contributed by atoms with E-state index in [1.54, 1.807) is 19.9 Å². The number of carbonyl (C=O) groups excluding carboxylic acids is 3. The number of piperidine rings is 1. The van der Waals surface area contributed by atoms with Crippen molar-refractivity contribution in [2.24, 2.45) is 10.8 Å². The maximum absolute atomic E-state index is 14.1. The second-order valence-corrected chi connectivity index (χ2v) is 11.8. The standard InChI is InChI=1S/C31H32F2N4O4/c1-30(2)25(41-3)13-24(18-9-20(32)12-21(33)10-18)37(29(30)40)16-26(38)35-22-7-6-17-14-31(15-19(17)11-22)23-5-4-8-34-27(23)36-28(31)39/h4-7,9-12,24-25,34H,8,13-16H2,1-3H3,(H,35,38)(H,36,39)/t24-,25-,31-/m1/s1. The van der Waals surface area contributed by atoms with Crippen LogP contribution in [0, 0.1) is 22.5 Å². The number of rotatable bonds is 5. The van der Waals surface area contributed by atoms with E-state index < -0.39 is 40.5 Å². The van der Waals surface area contributed by atoms with Crippen LogP contribution in [0.4, 0.5) is 14.5 Å². The van der Waals surface area contributed by atoms with Gasteiger partial charge in [0.1, 0.15) is 24.0 Å². The van der Waals surface area contributed by atoms with E-state index in [1.165, 1.54) is 24.1 Å². The number of likely N-dealkylation sites (tertiary alicyclic amines) is 1. The molecule has 0 radical (unpaired) electrons. The Balaban J connectivity index is 1.23. The lowest BCUT2D eigenvalue weighted by molar-refractivity contribution is -0.163. The molecular formula is C31H32F2N4O4. The van der Waals surface area contributed by atoms with E-state index in [1.807, 2.05) is 24.3 Å². The van der Waals surface area contributed by atoms with Gasteiger partial charge in [0.25, 0.3) is 0 Å². The summed E-state index contributed by atoms with van der Waals surface area (Å²) in [5.41, 5.74) is 2.14. The third-order valence-electron chi connectivity index (χ3n) is 8.91. The minimum Gasteiger partial charge on any atom is -0.380 e. The van der Waals surface area contributed by atoms with Gasteiger partial charge in [-0.25, -0.2) is 8.78 Å². The first-order chi connectivity index (χ1) is 19.5. The lowest BCUT2D eigenvalue weighted by Crippen LogP contribution is -2.56. The number of nitrogens with one attached hydrogen (secondary N) is 3. The van der Waals surface area contributed by atoms with Crippen molar-refractivity contribution < 1.29 is 27.9 Å². The second-order valence-electron chi connectivity index (χ2n) is 11.8. The topological polar surface area (TPSA) is 99.8 Å². The van der Waals surface area contributed by atoms with Crippen LogP contribution in [0.15, 0.2) is 59.9 Å². The molecule has 1 aliphatic carbocycles. The smallest absolute Gasteiger partial charge is 0.244 e. The number of nitrogens with zero attached hydrogens (tertiary/aromatic N) is 1. The van der Waals surface area contributed by atoms with Gasteiger partial charge < -0.3 is 25.6 Å². The summed E-state index contributed by atoms with van der Waals surface area (Å²) in [6.45, 7) is 3.84. The molecule has 1 spiro atoms. The number of dihydropyridines is 1. The first-order valence-corrected chi connectivity index (χ1v) is 13.7. The highest BCUT2D eigenvalue weighted by Crippen LogP contribution is 2.48. The molecule has 3 aliphatic heterocycles. The Kier molecular flexibility index (Phi) is 6.48. The molecule has 8 nitrogen and oxygen atoms in total. The number of methoxy groups -OCH3 is 1. The lowest BCUT2D eigenvalue weighted by atomic mass is 9.76. The summed E-state index contributed by atoms with van der Waals surface area (Å²) in [6.07, 6.45) is 4.84. The van der Waals surface area contributed by atoms with E-state index in [2.05, 4.69) is 16.0 Å². The van der Waals surface area contributed by atoms with Gasteiger partial charge >= 0.3 is 0 Å². The number of halogens is 2. The maximum atomic E-state index is 14.1. The highest BCUT2D eigenvalue weighted by Gasteiger charge is 2.52. The molecule has 2 aromatic rings. The first-order valence-electron chi connectivity index (χ1n) is 13.7. The van der Waals surface area contributed by atoms with Crippen LogP contribution in [0.3, 0.4) is 0 Å². The zero-order valence-electron chi connectivity index (χ0n) is 23.1. The van der Waals surface area contributed by atoms with E-state index in [-0.39, 0.29) is 30.3 Å². The molecule has 3 N–H and O–H groups in total. The van der Waals surface area contributed by atoms with Crippen LogP contribution in [0.25, 0.3) is 0 Å². The Labute approximate surface area is 236 Å². The molecule has 0 bridgehead atoms. The number of allylic oxidation sites excluding steroid dienone is 1. The molecule has 6 rings (SSSR count). The molecule has 41 heavy (non-hydrogen) atoms. The van der Waals surface area contributed by atoms with Gasteiger partial charge in [-0.05, 0) is 74.1 Å². The fourth-order valence-electron chi connectivity index (χ4n) is 6.77. The van der Waals surface area contributed by atoms with Crippen LogP contribution in [0.2, 0.25) is 0 Å². The third kappa shape index (κ3) is 4.50. The zero-order valence-corrected chi connectivity index (χ0v) is 23.1. The Morgan fingerprint density at radius 3 is 2.56 bits per heavy atom. The summed E-state index contributed by atoms with van der Waals surface area (Å²) in [5, 5.41) is 9.08. The number of benzene rings is 2. The fraction of sp³-hybridized carbons (Fsp3) is 0.387. The monoisotopic (exact) mass is 562 g/mol. The van der Waals surface area contributed by atoms with Crippen LogP contribution in [0.1, 0.15) is 43.0 Å². The van der Waals surface area contributed by atoms with Crippen molar-refractivity contribution in [3.8, 4) is 0 Å². The largest absolute Gasteiger partial charge is 0.380 e. The first kappa shape index (κ1) is 27.1. The summed E-state index contributed by atoms with van der Waals surface area (Å²) >= 11 is 0. The van der Waals surface area contributed by atoms with Crippen molar-refractivity contribution >= 4 is 23.4 Å². The summed E-state index contributed by atoms with van der Waals surface area (Å²) in [5.74, 6) is -1.58. The molecule has 0 saturated carbocycles. The van der Waals surface area contributed by atoms with Crippen LogP contribution < -0.4 is 16.0 Å². The average molecular weight is 563 g/mol. The number of anilines is 1. The summed E-state index contributed by atoms with van der Waals surface area (Å²) < 4.78 is 33.9. The number of amides is 3. The lowest BCUT2D eigenvalue weighted by Gasteiger charge is -2.47. The number of ether oxygens (including phenoxy) is 1. The highest BCUT2D eigenvalue weighted by molar-refractivity contribution is 5.97. The number of hydrogen-bond acceptors (Lipinski definition) is 5. The van der Waals surface area contributed by atoms with E-state index in [0.717, 1.165) is 28.6 Å². The Hall–Kier alpha value is -4.05. The predicted molar refractivity (Wildman–Crippen MR) is 147 cm³/mol. The quantitative estimate of drug-likeness (QED) is 0.518. The van der Waals surface area contributed by atoms with E-state index >= 15 is 0 Å². The zero-order chi connectivity index (χ0) is 29.1. The van der Waals surface area contributed by atoms with Gasteiger partial charge in [0.2, 0.25) is 17.7 Å². The second kappa shape index (κ2) is 9.80. The Bertz CT molecular complexity index is 1510. The fourth-order valence-corrected chi connectivity index (χ4v) is 6.77. The summed E-state index contributed by atoms with van der Waals surface area (Å²) in [4.78, 5) is 41.4. The van der Waals surface area contributed by atoms with Crippen molar-refractivity contribution in [1.29, 1.82) is 0 Å². The predicted octanol–water partition coefficient (Wildman–Crippen LogP) is 3.50. The highest BCUT2D eigenvalue weighted by atomic mass is 19.1. The van der Waals surface area contributed by atoms with E-state index in [9.17, 15) is 23.2 Å². The van der Waals surface area contributed by atoms with Gasteiger partial charge in [-0.3, -0.25) is 14.4 Å². The average Bonchev–Trinajstić information content (AvgIpc) is 3.43. The van der Waals surface area contributed by atoms with Gasteiger partial charge in [-0.2, -0.15) is 0 Å². The molecule has 0 aromatic heterocycles. The SMILES string of the molecule is CO[C@@H]1C[C@H](c2cc(F)cc(F)c2)N(CC(=O)Nc2ccc3c(c2)C[C@@]2(C3)C(=O)NC3=C2C=CCN3)C(=O)C1(C)C. The molecule has 2 aromatic carbocycles. The van der Waals surface area contributed by atoms with Crippen molar-refractivity contribution in [1.82, 2.24) is 15.5 Å². The molecule has 3 atom stereocenters. The van der Waals surface area contributed by atoms with Crippen molar-refractivity contribution in [2.45, 2.75) is 45.3 Å². The molecule has 0 unspecified atom stereocenters. The third-order valence-corrected chi connectivity index (χ3v) is 8.91. The maximum Gasteiger partial charge on any atom is 0.244 e.